The predicted molar refractivity (Wildman–Crippen MR) is 39.7 cm³/mol. The zero-order chi connectivity index (χ0) is 9.14. The predicted octanol–water partition coefficient (Wildman–Crippen LogP) is -0.619. The van der Waals surface area contributed by atoms with Gasteiger partial charge in [-0.15, -0.1) is 0 Å². The third kappa shape index (κ3) is 1.73. The van der Waals surface area contributed by atoms with Gasteiger partial charge in [0.1, 0.15) is 0 Å². The normalized spacial score (nSPS) is 29.7. The molecule has 1 rings (SSSR count). The molecule has 5 heteroatoms. The average Bonchev–Trinajstić information content (AvgIpc) is 2.04. The van der Waals surface area contributed by atoms with E-state index in [0.29, 0.717) is 13.0 Å². The fourth-order valence-electron chi connectivity index (χ4n) is 1.41. The molecule has 2 atom stereocenters. The number of carboxylic acid groups (broad SMARTS) is 2. The highest BCUT2D eigenvalue weighted by Crippen LogP contribution is 2.19. The number of carbonyl (C=O) groups is 2. The van der Waals surface area contributed by atoms with Gasteiger partial charge in [0.05, 0.1) is 11.8 Å². The second-order valence-electron chi connectivity index (χ2n) is 2.88. The molecule has 1 fully saturated rings. The minimum Gasteiger partial charge on any atom is -0.481 e. The van der Waals surface area contributed by atoms with Crippen molar-refractivity contribution in [1.82, 2.24) is 5.32 Å². The Labute approximate surface area is 69.4 Å². The van der Waals surface area contributed by atoms with Crippen LogP contribution in [0.1, 0.15) is 6.42 Å². The van der Waals surface area contributed by atoms with Crippen LogP contribution in [0.3, 0.4) is 0 Å². The first-order valence-corrected chi connectivity index (χ1v) is 3.79. The fourth-order valence-corrected chi connectivity index (χ4v) is 1.41. The Hall–Kier alpha value is -1.10. The molecule has 0 saturated carbocycles. The van der Waals surface area contributed by atoms with Crippen LogP contribution in [0, 0.1) is 11.8 Å². The molecule has 1 saturated heterocycles. The maximum Gasteiger partial charge on any atom is 0.308 e. The molecule has 5 nitrogen and oxygen atoms in total. The van der Waals surface area contributed by atoms with Crippen molar-refractivity contribution in [2.24, 2.45) is 11.8 Å². The second-order valence-corrected chi connectivity index (χ2v) is 2.88. The van der Waals surface area contributed by atoms with E-state index in [-0.39, 0.29) is 6.54 Å². The van der Waals surface area contributed by atoms with Crippen molar-refractivity contribution in [3.8, 4) is 0 Å². The van der Waals surface area contributed by atoms with Crippen molar-refractivity contribution >= 4 is 11.9 Å². The van der Waals surface area contributed by atoms with Crippen LogP contribution >= 0.6 is 0 Å². The van der Waals surface area contributed by atoms with E-state index in [1.807, 2.05) is 0 Å². The van der Waals surface area contributed by atoms with Gasteiger partial charge in [-0.2, -0.15) is 0 Å². The molecule has 3 N–H and O–H groups in total. The van der Waals surface area contributed by atoms with Crippen LogP contribution in [0.25, 0.3) is 0 Å². The van der Waals surface area contributed by atoms with Crippen molar-refractivity contribution in [3.05, 3.63) is 0 Å². The Balaban J connectivity index is 2.67. The maximum atomic E-state index is 10.6. The standard InChI is InChI=1S/C7H11NO4/c9-6(10)4-1-2-8-3-5(4)7(11)12/h4-5,8H,1-3H2,(H,9,10)(H,11,12)/t4-,5+/m0/s1. The smallest absolute Gasteiger partial charge is 0.308 e. The number of hydrogen-bond donors (Lipinski definition) is 3. The lowest BCUT2D eigenvalue weighted by molar-refractivity contribution is -0.154. The van der Waals surface area contributed by atoms with E-state index in [2.05, 4.69) is 5.32 Å². The monoisotopic (exact) mass is 173 g/mol. The Morgan fingerprint density at radius 3 is 2.17 bits per heavy atom. The number of piperidine rings is 1. The summed E-state index contributed by atoms with van der Waals surface area (Å²) in [6.45, 7) is 0.840. The molecule has 68 valence electrons. The molecule has 1 aliphatic rings. The molecule has 0 aliphatic carbocycles. The van der Waals surface area contributed by atoms with Gasteiger partial charge in [0, 0.05) is 6.54 Å². The van der Waals surface area contributed by atoms with Gasteiger partial charge >= 0.3 is 11.9 Å². The van der Waals surface area contributed by atoms with Crippen LogP contribution in [0.15, 0.2) is 0 Å². The fraction of sp³-hybridized carbons (Fsp3) is 0.714. The molecular formula is C7H11NO4. The Morgan fingerprint density at radius 1 is 1.17 bits per heavy atom. The zero-order valence-corrected chi connectivity index (χ0v) is 6.49. The minimum absolute atomic E-state index is 0.256. The molecule has 0 aromatic carbocycles. The molecule has 0 amide bonds. The molecular weight excluding hydrogens is 162 g/mol. The summed E-state index contributed by atoms with van der Waals surface area (Å²) in [7, 11) is 0. The van der Waals surface area contributed by atoms with E-state index in [0.717, 1.165) is 0 Å². The van der Waals surface area contributed by atoms with Crippen LogP contribution in [-0.4, -0.2) is 35.2 Å². The Morgan fingerprint density at radius 2 is 1.75 bits per heavy atom. The van der Waals surface area contributed by atoms with Gasteiger partial charge in [0.2, 0.25) is 0 Å². The lowest BCUT2D eigenvalue weighted by Gasteiger charge is -2.25. The third-order valence-electron chi connectivity index (χ3n) is 2.12. The summed E-state index contributed by atoms with van der Waals surface area (Å²) in [4.78, 5) is 21.1. The van der Waals surface area contributed by atoms with E-state index in [9.17, 15) is 9.59 Å². The summed E-state index contributed by atoms with van der Waals surface area (Å²) in [5.74, 6) is -3.56. The van der Waals surface area contributed by atoms with Gasteiger partial charge in [0.15, 0.2) is 0 Å². The quantitative estimate of drug-likeness (QED) is 0.518. The van der Waals surface area contributed by atoms with Crippen LogP contribution in [0.2, 0.25) is 0 Å². The van der Waals surface area contributed by atoms with E-state index in [4.69, 9.17) is 10.2 Å². The molecule has 0 aromatic rings. The first-order chi connectivity index (χ1) is 5.63. The molecule has 0 bridgehead atoms. The maximum absolute atomic E-state index is 10.6. The summed E-state index contributed by atoms with van der Waals surface area (Å²) >= 11 is 0. The molecule has 1 aliphatic heterocycles. The molecule has 0 aromatic heterocycles. The van der Waals surface area contributed by atoms with Gasteiger partial charge in [0.25, 0.3) is 0 Å². The van der Waals surface area contributed by atoms with Crippen LogP contribution in [0.4, 0.5) is 0 Å². The number of hydrogen-bond acceptors (Lipinski definition) is 3. The Kier molecular flexibility index (Phi) is 2.65. The highest BCUT2D eigenvalue weighted by atomic mass is 16.4. The molecule has 0 unspecified atom stereocenters. The largest absolute Gasteiger partial charge is 0.481 e. The topological polar surface area (TPSA) is 86.6 Å². The van der Waals surface area contributed by atoms with Crippen molar-refractivity contribution in [2.45, 2.75) is 6.42 Å². The Bertz CT molecular complexity index is 182. The van der Waals surface area contributed by atoms with Crippen LogP contribution in [0.5, 0.6) is 0 Å². The number of carboxylic acids is 2. The zero-order valence-electron chi connectivity index (χ0n) is 6.49. The van der Waals surface area contributed by atoms with E-state index < -0.39 is 23.8 Å². The summed E-state index contributed by atoms with van der Waals surface area (Å²) in [6.07, 6.45) is 0.395. The summed E-state index contributed by atoms with van der Waals surface area (Å²) in [5.41, 5.74) is 0. The van der Waals surface area contributed by atoms with Crippen LogP contribution < -0.4 is 5.32 Å². The summed E-state index contributed by atoms with van der Waals surface area (Å²) in [6, 6.07) is 0. The second kappa shape index (κ2) is 3.53. The summed E-state index contributed by atoms with van der Waals surface area (Å²) < 4.78 is 0. The van der Waals surface area contributed by atoms with Gasteiger partial charge in [-0.1, -0.05) is 0 Å². The lowest BCUT2D eigenvalue weighted by atomic mass is 9.87. The molecule has 1 heterocycles. The lowest BCUT2D eigenvalue weighted by Crippen LogP contribution is -2.43. The summed E-state index contributed by atoms with van der Waals surface area (Å²) in [5, 5.41) is 20.2. The van der Waals surface area contributed by atoms with Crippen molar-refractivity contribution in [3.63, 3.8) is 0 Å². The number of aliphatic carboxylic acids is 2. The third-order valence-corrected chi connectivity index (χ3v) is 2.12. The molecule has 0 radical (unpaired) electrons. The van der Waals surface area contributed by atoms with Crippen molar-refractivity contribution < 1.29 is 19.8 Å². The SMILES string of the molecule is O=C(O)[C@H]1CCNC[C@H]1C(=O)O. The van der Waals surface area contributed by atoms with Gasteiger partial charge in [-0.25, -0.2) is 0 Å². The van der Waals surface area contributed by atoms with Gasteiger partial charge in [-0.3, -0.25) is 9.59 Å². The van der Waals surface area contributed by atoms with Crippen molar-refractivity contribution in [1.29, 1.82) is 0 Å². The first kappa shape index (κ1) is 8.99. The van der Waals surface area contributed by atoms with Gasteiger partial charge in [-0.05, 0) is 13.0 Å². The highest BCUT2D eigenvalue weighted by molar-refractivity contribution is 5.80. The number of nitrogens with one attached hydrogen (secondary N) is 1. The van der Waals surface area contributed by atoms with Crippen LogP contribution in [-0.2, 0) is 9.59 Å². The van der Waals surface area contributed by atoms with E-state index >= 15 is 0 Å². The van der Waals surface area contributed by atoms with E-state index in [1.165, 1.54) is 0 Å². The van der Waals surface area contributed by atoms with E-state index in [1.54, 1.807) is 0 Å². The highest BCUT2D eigenvalue weighted by Gasteiger charge is 2.35. The number of rotatable bonds is 2. The average molecular weight is 173 g/mol. The van der Waals surface area contributed by atoms with Gasteiger partial charge < -0.3 is 15.5 Å². The molecule has 12 heavy (non-hydrogen) atoms. The molecule has 0 spiro atoms. The minimum atomic E-state index is -1.03. The first-order valence-electron chi connectivity index (χ1n) is 3.79. The van der Waals surface area contributed by atoms with Crippen molar-refractivity contribution in [2.75, 3.05) is 13.1 Å².